The molecule has 2 rings (SSSR count). The molecule has 0 bridgehead atoms. The summed E-state index contributed by atoms with van der Waals surface area (Å²) in [6.07, 6.45) is 2.86. The maximum Gasteiger partial charge on any atom is 0.243 e. The highest BCUT2D eigenvalue weighted by molar-refractivity contribution is 7.89. The van der Waals surface area contributed by atoms with E-state index in [1.807, 2.05) is 6.07 Å². The summed E-state index contributed by atoms with van der Waals surface area (Å²) in [6, 6.07) is 6.18. The van der Waals surface area contributed by atoms with Gasteiger partial charge in [-0.25, -0.2) is 8.42 Å². The Balaban J connectivity index is 2.35. The van der Waals surface area contributed by atoms with Crippen molar-refractivity contribution in [1.29, 1.82) is 5.26 Å². The second-order valence-electron chi connectivity index (χ2n) is 4.33. The number of sulfonamides is 1. The molecule has 0 radical (unpaired) electrons. The Morgan fingerprint density at radius 2 is 1.89 bits per heavy atom. The zero-order valence-electron chi connectivity index (χ0n) is 9.96. The van der Waals surface area contributed by atoms with E-state index in [4.69, 9.17) is 11.0 Å². The highest BCUT2D eigenvalue weighted by atomic mass is 32.2. The highest BCUT2D eigenvalue weighted by Crippen LogP contribution is 2.23. The van der Waals surface area contributed by atoms with Crippen LogP contribution in [0.4, 0.5) is 5.69 Å². The lowest BCUT2D eigenvalue weighted by Gasteiger charge is -2.25. The molecule has 1 saturated heterocycles. The Labute approximate surface area is 107 Å². The van der Waals surface area contributed by atoms with E-state index in [2.05, 4.69) is 0 Å². The minimum absolute atomic E-state index is 0.168. The number of hydrogen-bond acceptors (Lipinski definition) is 4. The molecule has 0 atom stereocenters. The smallest absolute Gasteiger partial charge is 0.243 e. The number of piperidine rings is 1. The second-order valence-corrected chi connectivity index (χ2v) is 6.26. The number of nitrogen functional groups attached to an aromatic ring is 1. The van der Waals surface area contributed by atoms with Crippen LogP contribution in [0.3, 0.4) is 0 Å². The number of benzene rings is 1. The predicted molar refractivity (Wildman–Crippen MR) is 68.2 cm³/mol. The number of hydrogen-bond donors (Lipinski definition) is 1. The van der Waals surface area contributed by atoms with Crippen molar-refractivity contribution in [2.45, 2.75) is 24.2 Å². The molecule has 6 heteroatoms. The molecule has 0 saturated carbocycles. The lowest BCUT2D eigenvalue weighted by atomic mass is 10.2. The Hall–Kier alpha value is -1.58. The van der Waals surface area contributed by atoms with E-state index in [0.29, 0.717) is 18.7 Å². The van der Waals surface area contributed by atoms with Gasteiger partial charge in [-0.05, 0) is 31.0 Å². The van der Waals surface area contributed by atoms with Crippen LogP contribution in [0, 0.1) is 11.3 Å². The van der Waals surface area contributed by atoms with E-state index >= 15 is 0 Å². The van der Waals surface area contributed by atoms with Crippen molar-refractivity contribution in [2.24, 2.45) is 0 Å². The number of nitriles is 1. The summed E-state index contributed by atoms with van der Waals surface area (Å²) >= 11 is 0. The summed E-state index contributed by atoms with van der Waals surface area (Å²) in [4.78, 5) is 0.168. The van der Waals surface area contributed by atoms with E-state index in [1.54, 1.807) is 0 Å². The van der Waals surface area contributed by atoms with Crippen molar-refractivity contribution in [3.05, 3.63) is 23.8 Å². The van der Waals surface area contributed by atoms with Crippen LogP contribution in [0.5, 0.6) is 0 Å². The SMILES string of the molecule is N#Cc1ccc(S(=O)(=O)N2CCCCC2)cc1N. The quantitative estimate of drug-likeness (QED) is 0.817. The van der Waals surface area contributed by atoms with Crippen LogP contribution in [-0.2, 0) is 10.0 Å². The number of rotatable bonds is 2. The molecule has 1 aliphatic heterocycles. The molecule has 96 valence electrons. The summed E-state index contributed by atoms with van der Waals surface area (Å²) in [5, 5.41) is 8.77. The molecule has 0 unspecified atom stereocenters. The molecule has 0 aromatic heterocycles. The van der Waals surface area contributed by atoms with E-state index in [9.17, 15) is 8.42 Å². The Morgan fingerprint density at radius 1 is 1.22 bits per heavy atom. The lowest BCUT2D eigenvalue weighted by Crippen LogP contribution is -2.35. The van der Waals surface area contributed by atoms with Gasteiger partial charge in [0.05, 0.1) is 16.1 Å². The van der Waals surface area contributed by atoms with E-state index in [-0.39, 0.29) is 10.6 Å². The maximum absolute atomic E-state index is 12.3. The number of nitrogens with two attached hydrogens (primary N) is 1. The molecule has 1 heterocycles. The van der Waals surface area contributed by atoms with Crippen LogP contribution in [0.2, 0.25) is 0 Å². The first-order valence-electron chi connectivity index (χ1n) is 5.85. The summed E-state index contributed by atoms with van der Waals surface area (Å²) in [7, 11) is -3.47. The maximum atomic E-state index is 12.3. The molecule has 1 aliphatic rings. The van der Waals surface area contributed by atoms with Gasteiger partial charge in [0.15, 0.2) is 0 Å². The molecule has 1 aromatic rings. The molecule has 0 amide bonds. The van der Waals surface area contributed by atoms with Gasteiger partial charge in [-0.1, -0.05) is 6.42 Å². The van der Waals surface area contributed by atoms with Crippen LogP contribution in [0.1, 0.15) is 24.8 Å². The monoisotopic (exact) mass is 265 g/mol. The Morgan fingerprint density at radius 3 is 2.44 bits per heavy atom. The van der Waals surface area contributed by atoms with Gasteiger partial charge in [0.25, 0.3) is 0 Å². The molecule has 1 fully saturated rings. The average Bonchev–Trinajstić information content (AvgIpc) is 2.39. The first-order chi connectivity index (χ1) is 8.55. The average molecular weight is 265 g/mol. The molecular formula is C12H15N3O2S. The van der Waals surface area contributed by atoms with Gasteiger partial charge in [0.2, 0.25) is 10.0 Å². The van der Waals surface area contributed by atoms with Crippen LogP contribution >= 0.6 is 0 Å². The van der Waals surface area contributed by atoms with Crippen LogP contribution < -0.4 is 5.73 Å². The van der Waals surface area contributed by atoms with Gasteiger partial charge in [0.1, 0.15) is 6.07 Å². The van der Waals surface area contributed by atoms with E-state index < -0.39 is 10.0 Å². The summed E-state index contributed by atoms with van der Waals surface area (Å²) in [5.41, 5.74) is 6.16. The number of anilines is 1. The summed E-state index contributed by atoms with van der Waals surface area (Å²) in [6.45, 7) is 1.12. The third-order valence-electron chi connectivity index (χ3n) is 3.10. The third kappa shape index (κ3) is 2.33. The minimum atomic E-state index is -3.47. The van der Waals surface area contributed by atoms with Crippen molar-refractivity contribution >= 4 is 15.7 Å². The lowest BCUT2D eigenvalue weighted by molar-refractivity contribution is 0.346. The van der Waals surface area contributed by atoms with Crippen molar-refractivity contribution in [2.75, 3.05) is 18.8 Å². The number of nitrogens with zero attached hydrogens (tertiary/aromatic N) is 2. The van der Waals surface area contributed by atoms with Crippen LogP contribution in [-0.4, -0.2) is 25.8 Å². The molecule has 2 N–H and O–H groups in total. The summed E-state index contributed by atoms with van der Waals surface area (Å²) < 4.78 is 26.1. The minimum Gasteiger partial charge on any atom is -0.398 e. The third-order valence-corrected chi connectivity index (χ3v) is 4.99. The van der Waals surface area contributed by atoms with E-state index in [0.717, 1.165) is 19.3 Å². The largest absolute Gasteiger partial charge is 0.398 e. The normalized spacial score (nSPS) is 17.3. The molecule has 0 aliphatic carbocycles. The van der Waals surface area contributed by atoms with Gasteiger partial charge < -0.3 is 5.73 Å². The van der Waals surface area contributed by atoms with Gasteiger partial charge >= 0.3 is 0 Å². The fraction of sp³-hybridized carbons (Fsp3) is 0.417. The zero-order chi connectivity index (χ0) is 13.2. The predicted octanol–water partition coefficient (Wildman–Crippen LogP) is 1.32. The van der Waals surface area contributed by atoms with Crippen molar-refractivity contribution in [3.63, 3.8) is 0 Å². The Kier molecular flexibility index (Phi) is 3.55. The van der Waals surface area contributed by atoms with Crippen molar-refractivity contribution in [1.82, 2.24) is 4.31 Å². The standard InChI is InChI=1S/C12H15N3O2S/c13-9-10-4-5-11(8-12(10)14)18(16,17)15-6-2-1-3-7-15/h4-5,8H,1-3,6-7,14H2. The fourth-order valence-electron chi connectivity index (χ4n) is 2.06. The summed E-state index contributed by atoms with van der Waals surface area (Å²) in [5.74, 6) is 0. The first-order valence-corrected chi connectivity index (χ1v) is 7.29. The van der Waals surface area contributed by atoms with Gasteiger partial charge in [-0.2, -0.15) is 9.57 Å². The molecule has 18 heavy (non-hydrogen) atoms. The van der Waals surface area contributed by atoms with Crippen molar-refractivity contribution < 1.29 is 8.42 Å². The van der Waals surface area contributed by atoms with Crippen LogP contribution in [0.25, 0.3) is 0 Å². The van der Waals surface area contributed by atoms with Gasteiger partial charge in [-0.15, -0.1) is 0 Å². The molecule has 1 aromatic carbocycles. The first kappa shape index (κ1) is 12.9. The second kappa shape index (κ2) is 4.96. The topological polar surface area (TPSA) is 87.2 Å². The van der Waals surface area contributed by atoms with Gasteiger partial charge in [0, 0.05) is 13.1 Å². The molecular weight excluding hydrogens is 250 g/mol. The fourth-order valence-corrected chi connectivity index (χ4v) is 3.61. The van der Waals surface area contributed by atoms with Crippen LogP contribution in [0.15, 0.2) is 23.1 Å². The molecule has 0 spiro atoms. The Bertz CT molecular complexity index is 584. The zero-order valence-corrected chi connectivity index (χ0v) is 10.8. The highest BCUT2D eigenvalue weighted by Gasteiger charge is 2.26. The van der Waals surface area contributed by atoms with E-state index in [1.165, 1.54) is 22.5 Å². The van der Waals surface area contributed by atoms with Gasteiger partial charge in [-0.3, -0.25) is 0 Å². The molecule has 5 nitrogen and oxygen atoms in total. The van der Waals surface area contributed by atoms with Crippen molar-refractivity contribution in [3.8, 4) is 6.07 Å².